The summed E-state index contributed by atoms with van der Waals surface area (Å²) in [5.41, 5.74) is 6.70. The van der Waals surface area contributed by atoms with Crippen LogP contribution in [0.3, 0.4) is 0 Å². The maximum Gasteiger partial charge on any atom is 0.490 e. The van der Waals surface area contributed by atoms with Gasteiger partial charge in [0.15, 0.2) is 0 Å². The maximum absolute atomic E-state index is 10.6. The second-order valence-corrected chi connectivity index (χ2v) is 6.56. The first-order valence-corrected chi connectivity index (χ1v) is 8.64. The van der Waals surface area contributed by atoms with Gasteiger partial charge in [-0.3, -0.25) is 0 Å². The van der Waals surface area contributed by atoms with Crippen molar-refractivity contribution in [3.8, 4) is 0 Å². The van der Waals surface area contributed by atoms with Crippen LogP contribution in [0.25, 0.3) is 10.2 Å². The summed E-state index contributed by atoms with van der Waals surface area (Å²) in [4.78, 5) is 20.1. The lowest BCUT2D eigenvalue weighted by Crippen LogP contribution is -2.34. The Labute approximate surface area is 146 Å². The number of carbonyl (C=O) groups is 1. The highest BCUT2D eigenvalue weighted by molar-refractivity contribution is 7.17. The zero-order valence-corrected chi connectivity index (χ0v) is 14.2. The van der Waals surface area contributed by atoms with Crippen molar-refractivity contribution in [2.24, 2.45) is 11.7 Å². The van der Waals surface area contributed by atoms with Gasteiger partial charge in [0.25, 0.3) is 0 Å². The van der Waals surface area contributed by atoms with Crippen molar-refractivity contribution in [3.63, 3.8) is 0 Å². The number of alkyl halides is 3. The van der Waals surface area contributed by atoms with E-state index in [-0.39, 0.29) is 0 Å². The topological polar surface area (TPSA) is 92.3 Å². The van der Waals surface area contributed by atoms with Crippen molar-refractivity contribution in [1.29, 1.82) is 0 Å². The van der Waals surface area contributed by atoms with Crippen molar-refractivity contribution >= 4 is 33.3 Å². The molecule has 2 aromatic heterocycles. The highest BCUT2D eigenvalue weighted by Crippen LogP contribution is 2.31. The predicted molar refractivity (Wildman–Crippen MR) is 89.7 cm³/mol. The third-order valence-electron chi connectivity index (χ3n) is 3.96. The van der Waals surface area contributed by atoms with Crippen molar-refractivity contribution in [2.75, 3.05) is 24.5 Å². The van der Waals surface area contributed by atoms with Crippen LogP contribution < -0.4 is 10.6 Å². The summed E-state index contributed by atoms with van der Waals surface area (Å²) in [5.74, 6) is -0.847. The van der Waals surface area contributed by atoms with Crippen LogP contribution in [0.5, 0.6) is 0 Å². The molecular weight excluding hydrogens is 357 g/mol. The van der Waals surface area contributed by atoms with E-state index in [1.54, 1.807) is 17.7 Å². The maximum atomic E-state index is 10.6. The Morgan fingerprint density at radius 2 is 2.00 bits per heavy atom. The SMILES string of the molecule is NCCC1CCN(c2ncnc3ccsc23)CC1.O=C(O)C(F)(F)F. The Bertz CT molecular complexity index is 699. The smallest absolute Gasteiger partial charge is 0.475 e. The Kier molecular flexibility index (Phi) is 6.54. The lowest BCUT2D eigenvalue weighted by atomic mass is 9.94. The molecule has 6 nitrogen and oxygen atoms in total. The Hall–Kier alpha value is -1.94. The second-order valence-electron chi connectivity index (χ2n) is 5.64. The van der Waals surface area contributed by atoms with Gasteiger partial charge in [0.2, 0.25) is 0 Å². The quantitative estimate of drug-likeness (QED) is 0.856. The van der Waals surface area contributed by atoms with E-state index in [2.05, 4.69) is 26.3 Å². The molecule has 0 atom stereocenters. The van der Waals surface area contributed by atoms with Crippen molar-refractivity contribution < 1.29 is 23.1 Å². The van der Waals surface area contributed by atoms with Crippen LogP contribution >= 0.6 is 11.3 Å². The molecule has 0 radical (unpaired) electrons. The van der Waals surface area contributed by atoms with E-state index in [9.17, 15) is 13.2 Å². The average Bonchev–Trinajstić information content (AvgIpc) is 3.04. The Morgan fingerprint density at radius 1 is 1.36 bits per heavy atom. The van der Waals surface area contributed by atoms with Gasteiger partial charge in [-0.25, -0.2) is 14.8 Å². The number of nitrogens with two attached hydrogens (primary N) is 1. The molecule has 3 N–H and O–H groups in total. The molecule has 1 fully saturated rings. The number of carboxylic acid groups (broad SMARTS) is 1. The van der Waals surface area contributed by atoms with E-state index in [1.807, 2.05) is 0 Å². The molecule has 1 aliphatic rings. The molecule has 0 saturated carbocycles. The standard InChI is InChI=1S/C13H18N4S.C2HF3O2/c14-5-1-10-2-6-17(7-3-10)13-12-11(4-8-18-12)15-9-16-13;3-2(4,5)1(6)7/h4,8-10H,1-3,5-7,14H2;(H,6,7). The molecule has 0 aliphatic carbocycles. The number of thiophene rings is 1. The van der Waals surface area contributed by atoms with Gasteiger partial charge in [0.05, 0.1) is 10.2 Å². The number of aromatic nitrogens is 2. The largest absolute Gasteiger partial charge is 0.490 e. The minimum atomic E-state index is -5.08. The molecule has 25 heavy (non-hydrogen) atoms. The molecule has 1 saturated heterocycles. The molecule has 0 spiro atoms. The van der Waals surface area contributed by atoms with Gasteiger partial charge < -0.3 is 15.7 Å². The summed E-state index contributed by atoms with van der Waals surface area (Å²) >= 11 is 1.73. The Morgan fingerprint density at radius 3 is 2.56 bits per heavy atom. The van der Waals surface area contributed by atoms with E-state index >= 15 is 0 Å². The molecular formula is C15H19F3N4O2S. The van der Waals surface area contributed by atoms with Gasteiger partial charge in [0, 0.05) is 13.1 Å². The summed E-state index contributed by atoms with van der Waals surface area (Å²) < 4.78 is 33.0. The van der Waals surface area contributed by atoms with E-state index in [0.717, 1.165) is 43.3 Å². The van der Waals surface area contributed by atoms with E-state index in [0.29, 0.717) is 0 Å². The van der Waals surface area contributed by atoms with Gasteiger partial charge in [-0.2, -0.15) is 13.2 Å². The number of halogens is 3. The number of rotatable bonds is 3. The van der Waals surface area contributed by atoms with E-state index in [1.165, 1.54) is 17.5 Å². The first kappa shape index (κ1) is 19.4. The highest BCUT2D eigenvalue weighted by atomic mass is 32.1. The monoisotopic (exact) mass is 376 g/mol. The first-order chi connectivity index (χ1) is 11.8. The van der Waals surface area contributed by atoms with Crippen molar-refractivity contribution in [1.82, 2.24) is 9.97 Å². The Balaban J connectivity index is 0.000000277. The molecule has 138 valence electrons. The van der Waals surface area contributed by atoms with Crippen LogP contribution in [-0.4, -0.2) is 46.9 Å². The van der Waals surface area contributed by atoms with Crippen LogP contribution in [-0.2, 0) is 4.79 Å². The molecule has 0 amide bonds. The zero-order valence-electron chi connectivity index (χ0n) is 13.4. The van der Waals surface area contributed by atoms with Crippen LogP contribution in [0.4, 0.5) is 19.0 Å². The molecule has 1 aliphatic heterocycles. The summed E-state index contributed by atoms with van der Waals surface area (Å²) in [7, 11) is 0. The van der Waals surface area contributed by atoms with Crippen molar-refractivity contribution in [3.05, 3.63) is 17.8 Å². The zero-order chi connectivity index (χ0) is 18.4. The number of aliphatic carboxylic acids is 1. The van der Waals surface area contributed by atoms with Gasteiger partial charge in [-0.05, 0) is 43.2 Å². The average molecular weight is 376 g/mol. The molecule has 10 heteroatoms. The molecule has 2 aromatic rings. The van der Waals surface area contributed by atoms with Crippen molar-refractivity contribution in [2.45, 2.75) is 25.4 Å². The third kappa shape index (κ3) is 5.27. The number of carboxylic acids is 1. The number of fused-ring (bicyclic) bond motifs is 1. The summed E-state index contributed by atoms with van der Waals surface area (Å²) in [6, 6.07) is 2.06. The minimum Gasteiger partial charge on any atom is -0.475 e. The fourth-order valence-electron chi connectivity index (χ4n) is 2.67. The van der Waals surface area contributed by atoms with Gasteiger partial charge >= 0.3 is 12.1 Å². The summed E-state index contributed by atoms with van der Waals surface area (Å²) in [5, 5.41) is 9.21. The van der Waals surface area contributed by atoms with Gasteiger partial charge in [0.1, 0.15) is 12.1 Å². The summed E-state index contributed by atoms with van der Waals surface area (Å²) in [6.45, 7) is 3.00. The van der Waals surface area contributed by atoms with Gasteiger partial charge in [-0.1, -0.05) is 0 Å². The lowest BCUT2D eigenvalue weighted by Gasteiger charge is -2.32. The molecule has 3 rings (SSSR count). The minimum absolute atomic E-state index is 0.798. The van der Waals surface area contributed by atoms with Crippen LogP contribution in [0, 0.1) is 5.92 Å². The normalized spacial score (nSPS) is 15.8. The molecule has 0 aromatic carbocycles. The number of piperidine rings is 1. The van der Waals surface area contributed by atoms with Crippen LogP contribution in [0.15, 0.2) is 17.8 Å². The second kappa shape index (κ2) is 8.43. The van der Waals surface area contributed by atoms with E-state index < -0.39 is 12.1 Å². The molecule has 0 unspecified atom stereocenters. The third-order valence-corrected chi connectivity index (χ3v) is 4.86. The fraction of sp³-hybridized carbons (Fsp3) is 0.533. The number of nitrogens with zero attached hydrogens (tertiary/aromatic N) is 3. The molecule has 0 bridgehead atoms. The fourth-order valence-corrected chi connectivity index (χ4v) is 3.53. The van der Waals surface area contributed by atoms with Gasteiger partial charge in [-0.15, -0.1) is 11.3 Å². The number of hydrogen-bond donors (Lipinski definition) is 2. The number of anilines is 1. The van der Waals surface area contributed by atoms with E-state index in [4.69, 9.17) is 15.6 Å². The lowest BCUT2D eigenvalue weighted by molar-refractivity contribution is -0.192. The molecule has 3 heterocycles. The highest BCUT2D eigenvalue weighted by Gasteiger charge is 2.38. The van der Waals surface area contributed by atoms with Crippen LogP contribution in [0.2, 0.25) is 0 Å². The number of hydrogen-bond acceptors (Lipinski definition) is 6. The first-order valence-electron chi connectivity index (χ1n) is 7.76. The predicted octanol–water partition coefficient (Wildman–Crippen LogP) is 2.89. The summed E-state index contributed by atoms with van der Waals surface area (Å²) in [6.07, 6.45) is 0.213. The van der Waals surface area contributed by atoms with Crippen LogP contribution in [0.1, 0.15) is 19.3 Å².